The Bertz CT molecular complexity index is 745. The SMILES string of the molecule is C[C@@H](Nc1ccc(C=O)cc1C#N)c1c(F)cc(F)cc1F. The normalized spacial score (nSPS) is 11.6. The highest BCUT2D eigenvalue weighted by Gasteiger charge is 2.18. The van der Waals surface area contributed by atoms with Crippen LogP contribution in [0.4, 0.5) is 18.9 Å². The molecule has 22 heavy (non-hydrogen) atoms. The van der Waals surface area contributed by atoms with Crippen LogP contribution < -0.4 is 5.32 Å². The number of hydrogen-bond acceptors (Lipinski definition) is 3. The molecular formula is C16H11F3N2O. The Balaban J connectivity index is 2.36. The smallest absolute Gasteiger partial charge is 0.150 e. The summed E-state index contributed by atoms with van der Waals surface area (Å²) in [7, 11) is 0. The second-order valence-corrected chi connectivity index (χ2v) is 4.68. The van der Waals surface area contributed by atoms with Crippen molar-refractivity contribution < 1.29 is 18.0 Å². The van der Waals surface area contributed by atoms with Gasteiger partial charge in [0.1, 0.15) is 29.8 Å². The molecule has 0 aliphatic carbocycles. The summed E-state index contributed by atoms with van der Waals surface area (Å²) in [5, 5.41) is 11.9. The molecule has 0 radical (unpaired) electrons. The maximum atomic E-state index is 13.7. The van der Waals surface area contributed by atoms with Crippen LogP contribution >= 0.6 is 0 Å². The molecule has 0 spiro atoms. The maximum absolute atomic E-state index is 13.7. The molecule has 0 aliphatic heterocycles. The average molecular weight is 304 g/mol. The van der Waals surface area contributed by atoms with Gasteiger partial charge in [0.25, 0.3) is 0 Å². The maximum Gasteiger partial charge on any atom is 0.150 e. The highest BCUT2D eigenvalue weighted by molar-refractivity contribution is 5.78. The lowest BCUT2D eigenvalue weighted by Gasteiger charge is -2.18. The van der Waals surface area contributed by atoms with E-state index in [4.69, 9.17) is 5.26 Å². The molecular weight excluding hydrogens is 293 g/mol. The Kier molecular flexibility index (Phi) is 4.47. The topological polar surface area (TPSA) is 52.9 Å². The van der Waals surface area contributed by atoms with E-state index in [-0.39, 0.29) is 11.1 Å². The number of nitriles is 1. The second-order valence-electron chi connectivity index (χ2n) is 4.68. The minimum Gasteiger partial charge on any atom is -0.377 e. The van der Waals surface area contributed by atoms with E-state index < -0.39 is 23.5 Å². The molecule has 0 saturated carbocycles. The third kappa shape index (κ3) is 3.09. The number of nitrogens with one attached hydrogen (secondary N) is 1. The van der Waals surface area contributed by atoms with Crippen LogP contribution in [-0.2, 0) is 0 Å². The van der Waals surface area contributed by atoms with Crippen LogP contribution in [0.15, 0.2) is 30.3 Å². The number of rotatable bonds is 4. The summed E-state index contributed by atoms with van der Waals surface area (Å²) >= 11 is 0. The molecule has 2 aromatic rings. The molecule has 0 fully saturated rings. The van der Waals surface area contributed by atoms with Crippen molar-refractivity contribution >= 4 is 12.0 Å². The fourth-order valence-corrected chi connectivity index (χ4v) is 2.13. The summed E-state index contributed by atoms with van der Waals surface area (Å²) in [5.41, 5.74) is 0.474. The molecule has 0 amide bonds. The first-order valence-corrected chi connectivity index (χ1v) is 6.36. The Morgan fingerprint density at radius 2 is 1.82 bits per heavy atom. The number of nitrogens with zero attached hydrogens (tertiary/aromatic N) is 1. The summed E-state index contributed by atoms with van der Waals surface area (Å²) in [6.45, 7) is 1.48. The zero-order chi connectivity index (χ0) is 16.3. The van der Waals surface area contributed by atoms with Gasteiger partial charge in [-0.15, -0.1) is 0 Å². The first-order valence-electron chi connectivity index (χ1n) is 6.36. The predicted molar refractivity (Wildman–Crippen MR) is 74.9 cm³/mol. The molecule has 1 atom stereocenters. The van der Waals surface area contributed by atoms with Crippen LogP contribution in [0.5, 0.6) is 0 Å². The van der Waals surface area contributed by atoms with E-state index in [1.54, 1.807) is 0 Å². The quantitative estimate of drug-likeness (QED) is 0.870. The first-order chi connectivity index (χ1) is 10.5. The number of benzene rings is 2. The van der Waals surface area contributed by atoms with Gasteiger partial charge < -0.3 is 5.32 Å². The summed E-state index contributed by atoms with van der Waals surface area (Å²) in [6.07, 6.45) is 0.591. The fraction of sp³-hybridized carbons (Fsp3) is 0.125. The second kappa shape index (κ2) is 6.31. The minimum absolute atomic E-state index is 0.166. The summed E-state index contributed by atoms with van der Waals surface area (Å²) in [5.74, 6) is -3.03. The van der Waals surface area contributed by atoms with Crippen molar-refractivity contribution in [3.05, 3.63) is 64.5 Å². The highest BCUT2D eigenvalue weighted by Crippen LogP contribution is 2.27. The lowest BCUT2D eigenvalue weighted by atomic mass is 10.0. The van der Waals surface area contributed by atoms with E-state index in [1.807, 2.05) is 6.07 Å². The van der Waals surface area contributed by atoms with Gasteiger partial charge in [-0.3, -0.25) is 4.79 Å². The van der Waals surface area contributed by atoms with Crippen molar-refractivity contribution in [2.24, 2.45) is 0 Å². The van der Waals surface area contributed by atoms with Crippen molar-refractivity contribution in [1.29, 1.82) is 5.26 Å². The number of hydrogen-bond donors (Lipinski definition) is 1. The largest absolute Gasteiger partial charge is 0.377 e. The molecule has 2 rings (SSSR count). The van der Waals surface area contributed by atoms with E-state index in [0.29, 0.717) is 29.7 Å². The van der Waals surface area contributed by atoms with Gasteiger partial charge in [-0.2, -0.15) is 5.26 Å². The molecule has 112 valence electrons. The van der Waals surface area contributed by atoms with E-state index in [9.17, 15) is 18.0 Å². The van der Waals surface area contributed by atoms with E-state index in [0.717, 1.165) is 0 Å². The third-order valence-corrected chi connectivity index (χ3v) is 3.15. The summed E-state index contributed by atoms with van der Waals surface area (Å²) < 4.78 is 40.4. The van der Waals surface area contributed by atoms with Crippen molar-refractivity contribution in [3.8, 4) is 6.07 Å². The van der Waals surface area contributed by atoms with Crippen LogP contribution in [0, 0.1) is 28.8 Å². The van der Waals surface area contributed by atoms with Crippen LogP contribution in [0.3, 0.4) is 0 Å². The molecule has 1 N–H and O–H groups in total. The average Bonchev–Trinajstić information content (AvgIpc) is 2.46. The summed E-state index contributed by atoms with van der Waals surface area (Å²) in [6, 6.07) is 6.55. The molecule has 6 heteroatoms. The Labute approximate surface area is 125 Å². The van der Waals surface area contributed by atoms with E-state index in [2.05, 4.69) is 5.32 Å². The molecule has 0 saturated heterocycles. The van der Waals surface area contributed by atoms with Crippen LogP contribution in [0.1, 0.15) is 34.5 Å². The van der Waals surface area contributed by atoms with Gasteiger partial charge in [-0.05, 0) is 25.1 Å². The van der Waals surface area contributed by atoms with Gasteiger partial charge in [0.2, 0.25) is 0 Å². The number of halogens is 3. The van der Waals surface area contributed by atoms with Crippen molar-refractivity contribution in [2.75, 3.05) is 5.32 Å². The molecule has 2 aromatic carbocycles. The first kappa shape index (κ1) is 15.6. The number of anilines is 1. The highest BCUT2D eigenvalue weighted by atomic mass is 19.1. The predicted octanol–water partition coefficient (Wildman–Crippen LogP) is 3.96. The molecule has 0 aliphatic rings. The Morgan fingerprint density at radius 1 is 1.18 bits per heavy atom. The van der Waals surface area contributed by atoms with Gasteiger partial charge in [0, 0.05) is 23.3 Å². The van der Waals surface area contributed by atoms with Gasteiger partial charge in [0.05, 0.1) is 17.3 Å². The number of carbonyl (C=O) groups excluding carboxylic acids is 1. The van der Waals surface area contributed by atoms with Crippen molar-refractivity contribution in [1.82, 2.24) is 0 Å². The zero-order valence-electron chi connectivity index (χ0n) is 11.5. The van der Waals surface area contributed by atoms with Crippen molar-refractivity contribution in [3.63, 3.8) is 0 Å². The number of aldehydes is 1. The van der Waals surface area contributed by atoms with E-state index in [1.165, 1.54) is 25.1 Å². The van der Waals surface area contributed by atoms with Crippen LogP contribution in [0.25, 0.3) is 0 Å². The zero-order valence-corrected chi connectivity index (χ0v) is 11.5. The summed E-state index contributed by atoms with van der Waals surface area (Å²) in [4.78, 5) is 10.7. The van der Waals surface area contributed by atoms with Gasteiger partial charge >= 0.3 is 0 Å². The monoisotopic (exact) mass is 304 g/mol. The number of carbonyl (C=O) groups is 1. The van der Waals surface area contributed by atoms with E-state index >= 15 is 0 Å². The Hall–Kier alpha value is -2.81. The van der Waals surface area contributed by atoms with Crippen LogP contribution in [0.2, 0.25) is 0 Å². The lowest BCUT2D eigenvalue weighted by molar-refractivity contribution is 0.112. The molecule has 0 heterocycles. The molecule has 0 aromatic heterocycles. The van der Waals surface area contributed by atoms with Crippen molar-refractivity contribution in [2.45, 2.75) is 13.0 Å². The molecule has 0 unspecified atom stereocenters. The minimum atomic E-state index is -1.01. The van der Waals surface area contributed by atoms with Gasteiger partial charge in [-0.1, -0.05) is 0 Å². The van der Waals surface area contributed by atoms with Gasteiger partial charge in [-0.25, -0.2) is 13.2 Å². The standard InChI is InChI=1S/C16H11F3N2O/c1-9(16-13(18)5-12(17)6-14(16)19)21-15-3-2-10(8-22)4-11(15)7-20/h2-6,8-9,21H,1H3/t9-/m1/s1. The van der Waals surface area contributed by atoms with Crippen LogP contribution in [-0.4, -0.2) is 6.29 Å². The molecule has 0 bridgehead atoms. The third-order valence-electron chi connectivity index (χ3n) is 3.15. The Morgan fingerprint density at radius 3 is 2.36 bits per heavy atom. The molecule has 3 nitrogen and oxygen atoms in total. The lowest BCUT2D eigenvalue weighted by Crippen LogP contribution is -2.12. The fourth-order valence-electron chi connectivity index (χ4n) is 2.13. The van der Waals surface area contributed by atoms with Gasteiger partial charge in [0.15, 0.2) is 0 Å².